The van der Waals surface area contributed by atoms with Gasteiger partial charge in [-0.3, -0.25) is 4.79 Å². The number of carbonyl (C=O) groups excluding carboxylic acids is 1. The van der Waals surface area contributed by atoms with Crippen LogP contribution in [0.2, 0.25) is 5.02 Å². The van der Waals surface area contributed by atoms with E-state index in [1.807, 2.05) is 48.5 Å². The number of anilines is 2. The molecule has 0 radical (unpaired) electrons. The SMILES string of the molecule is CN(C)CC[C@H](CSc1ccccc1)Nc1ccc(S(=O)(=O)NC(=O)c2ccc(NCCNCc3ccccc3-c3ccc(Cl)cc3)cc2)cc1S(=O)(=O)C(F)(C(F)(F)F)C(F)(F)F. The average molecular weight is 974 g/mol. The third kappa shape index (κ3) is 12.3. The maximum atomic E-state index is 15.5. The Balaban J connectivity index is 1.33. The molecule has 0 aliphatic rings. The molecule has 5 aromatic carbocycles. The van der Waals surface area contributed by atoms with Crippen molar-refractivity contribution in [1.82, 2.24) is 14.9 Å². The largest absolute Gasteiger partial charge is 0.447 e. The average Bonchev–Trinajstić information content (AvgIpc) is 3.24. The molecule has 4 N–H and O–H groups in total. The Bertz CT molecular complexity index is 2570. The van der Waals surface area contributed by atoms with Crippen molar-refractivity contribution < 1.29 is 52.4 Å². The van der Waals surface area contributed by atoms with Gasteiger partial charge in [-0.15, -0.1) is 11.8 Å². The number of nitrogens with zero attached hydrogens (tertiary/aromatic N) is 1. The lowest BCUT2D eigenvalue weighted by molar-refractivity contribution is -0.305. The van der Waals surface area contributed by atoms with E-state index in [4.69, 9.17) is 11.6 Å². The Morgan fingerprint density at radius 3 is 2.02 bits per heavy atom. The van der Waals surface area contributed by atoms with Crippen molar-refractivity contribution in [2.24, 2.45) is 0 Å². The minimum Gasteiger partial charge on any atom is -0.384 e. The Morgan fingerprint density at radius 2 is 1.39 bits per heavy atom. The molecular weight excluding hydrogens is 931 g/mol. The van der Waals surface area contributed by atoms with Crippen LogP contribution in [-0.4, -0.2) is 90.5 Å². The van der Waals surface area contributed by atoms with Crippen LogP contribution in [0.4, 0.5) is 42.1 Å². The van der Waals surface area contributed by atoms with E-state index >= 15 is 4.39 Å². The maximum Gasteiger partial charge on any atom is 0.447 e. The molecule has 1 amide bonds. The van der Waals surface area contributed by atoms with Gasteiger partial charge < -0.3 is 20.9 Å². The molecule has 5 rings (SSSR count). The van der Waals surface area contributed by atoms with Crippen LogP contribution < -0.4 is 20.7 Å². The van der Waals surface area contributed by atoms with Gasteiger partial charge in [0, 0.05) is 52.6 Å². The topological polar surface area (TPSA) is 137 Å². The van der Waals surface area contributed by atoms with E-state index < -0.39 is 64.6 Å². The zero-order valence-corrected chi connectivity index (χ0v) is 37.3. The summed E-state index contributed by atoms with van der Waals surface area (Å²) in [5, 5.41) is 2.86. The second-order valence-corrected chi connectivity index (χ2v) is 19.8. The second-order valence-electron chi connectivity index (χ2n) is 14.6. The number of sulfonamides is 1. The molecular formula is C43H43ClF7N5O5S3. The molecule has 0 aromatic heterocycles. The Labute approximate surface area is 375 Å². The molecule has 0 saturated carbocycles. The molecule has 21 heteroatoms. The molecule has 1 atom stereocenters. The lowest BCUT2D eigenvalue weighted by atomic mass is 10.00. The van der Waals surface area contributed by atoms with E-state index in [2.05, 4.69) is 16.0 Å². The number of alkyl halides is 7. The summed E-state index contributed by atoms with van der Waals surface area (Å²) in [6.45, 7) is 1.80. The summed E-state index contributed by atoms with van der Waals surface area (Å²) in [7, 11) is -9.03. The fourth-order valence-corrected chi connectivity index (χ4v) is 10.1. The first-order chi connectivity index (χ1) is 30.0. The van der Waals surface area contributed by atoms with Crippen molar-refractivity contribution in [3.8, 4) is 11.1 Å². The fourth-order valence-electron chi connectivity index (χ4n) is 6.26. The molecule has 0 bridgehead atoms. The maximum absolute atomic E-state index is 15.5. The highest BCUT2D eigenvalue weighted by molar-refractivity contribution is 7.99. The van der Waals surface area contributed by atoms with Crippen LogP contribution >= 0.6 is 23.4 Å². The van der Waals surface area contributed by atoms with Gasteiger partial charge in [-0.05, 0) is 110 Å². The molecule has 0 saturated heterocycles. The van der Waals surface area contributed by atoms with Crippen molar-refractivity contribution in [2.75, 3.05) is 50.1 Å². The summed E-state index contributed by atoms with van der Waals surface area (Å²) in [5.74, 6) is -1.18. The molecule has 0 spiro atoms. The summed E-state index contributed by atoms with van der Waals surface area (Å²) in [6, 6.07) is 29.8. The van der Waals surface area contributed by atoms with Crippen LogP contribution in [0.3, 0.4) is 0 Å². The van der Waals surface area contributed by atoms with E-state index in [1.54, 1.807) is 54.0 Å². The first kappa shape index (κ1) is 50.1. The van der Waals surface area contributed by atoms with Gasteiger partial charge in [0.1, 0.15) is 0 Å². The molecule has 344 valence electrons. The standard InChI is InChI=1S/C43H43ClF7N5O5S3/c1-56(2)25-22-34(28-62-35-9-4-3-5-10-35)54-38-21-20-36(26-39(38)63(58,59)41(45,42(46,47)48)43(49,50)51)64(60,61)55-40(57)30-14-18-33(19-15-30)53-24-23-52-27-31-8-6-7-11-37(31)29-12-16-32(44)17-13-29/h3-21,26,34,52-54H,22-25,27-28H2,1-2H3,(H,55,57)/t34-/m1/s1. The number of hydrogen-bond acceptors (Lipinski definition) is 10. The van der Waals surface area contributed by atoms with E-state index in [0.717, 1.165) is 21.6 Å². The Hall–Kier alpha value is -4.86. The summed E-state index contributed by atoms with van der Waals surface area (Å²) in [4.78, 5) is 12.4. The number of benzene rings is 5. The van der Waals surface area contributed by atoms with Gasteiger partial charge in [0.15, 0.2) is 0 Å². The van der Waals surface area contributed by atoms with E-state index in [9.17, 15) is 48.0 Å². The molecule has 0 aliphatic heterocycles. The number of thioether (sulfide) groups is 1. The predicted octanol–water partition coefficient (Wildman–Crippen LogP) is 9.42. The van der Waals surface area contributed by atoms with Crippen LogP contribution in [-0.2, 0) is 26.4 Å². The third-order valence-corrected chi connectivity index (χ3v) is 14.5. The molecule has 10 nitrogen and oxygen atoms in total. The highest BCUT2D eigenvalue weighted by Crippen LogP contribution is 2.53. The van der Waals surface area contributed by atoms with Crippen molar-refractivity contribution in [2.45, 2.75) is 51.0 Å². The van der Waals surface area contributed by atoms with Crippen molar-refractivity contribution in [3.05, 3.63) is 137 Å². The summed E-state index contributed by atoms with van der Waals surface area (Å²) < 4.78 is 155. The van der Waals surface area contributed by atoms with Crippen LogP contribution in [0.15, 0.2) is 136 Å². The molecule has 5 aromatic rings. The smallest absolute Gasteiger partial charge is 0.384 e. The highest BCUT2D eigenvalue weighted by atomic mass is 35.5. The molecule has 0 fully saturated rings. The van der Waals surface area contributed by atoms with Gasteiger partial charge >= 0.3 is 17.4 Å². The van der Waals surface area contributed by atoms with Gasteiger partial charge in [0.2, 0.25) is 9.84 Å². The lowest BCUT2D eigenvalue weighted by Crippen LogP contribution is -2.58. The minimum atomic E-state index is -7.19. The fraction of sp³-hybridized carbons (Fsp3) is 0.279. The van der Waals surface area contributed by atoms with E-state index in [0.29, 0.717) is 49.0 Å². The predicted molar refractivity (Wildman–Crippen MR) is 236 cm³/mol. The van der Waals surface area contributed by atoms with Crippen molar-refractivity contribution in [3.63, 3.8) is 0 Å². The number of halogens is 8. The molecule has 0 unspecified atom stereocenters. The summed E-state index contributed by atoms with van der Waals surface area (Å²) >= 11 is 7.26. The zero-order valence-electron chi connectivity index (χ0n) is 34.1. The molecule has 0 aliphatic carbocycles. The van der Waals surface area contributed by atoms with Gasteiger partial charge in [0.05, 0.1) is 15.5 Å². The summed E-state index contributed by atoms with van der Waals surface area (Å²) in [6.07, 6.45) is -14.0. The van der Waals surface area contributed by atoms with Crippen LogP contribution in [0.5, 0.6) is 0 Å². The molecule has 64 heavy (non-hydrogen) atoms. The zero-order chi connectivity index (χ0) is 46.9. The Kier molecular flexibility index (Phi) is 16.4. The minimum absolute atomic E-state index is 0.0379. The third-order valence-electron chi connectivity index (χ3n) is 9.62. The van der Waals surface area contributed by atoms with Crippen LogP contribution in [0, 0.1) is 0 Å². The number of sulfone groups is 1. The van der Waals surface area contributed by atoms with E-state index in [-0.39, 0.29) is 23.8 Å². The van der Waals surface area contributed by atoms with Crippen LogP contribution in [0.1, 0.15) is 22.3 Å². The number of rotatable bonds is 20. The molecule has 0 heterocycles. The van der Waals surface area contributed by atoms with Crippen molar-refractivity contribution in [1.29, 1.82) is 0 Å². The lowest BCUT2D eigenvalue weighted by Gasteiger charge is -2.31. The Morgan fingerprint density at radius 1 is 0.766 bits per heavy atom. The number of hydrogen-bond donors (Lipinski definition) is 4. The van der Waals surface area contributed by atoms with Crippen LogP contribution in [0.25, 0.3) is 11.1 Å². The highest BCUT2D eigenvalue weighted by Gasteiger charge is 2.81. The number of nitrogens with one attached hydrogen (secondary N) is 4. The monoisotopic (exact) mass is 973 g/mol. The van der Waals surface area contributed by atoms with Crippen molar-refractivity contribution >= 4 is 60.5 Å². The normalized spacial score (nSPS) is 13.1. The first-order valence-corrected chi connectivity index (χ1v) is 23.6. The van der Waals surface area contributed by atoms with Gasteiger partial charge in [0.25, 0.3) is 15.9 Å². The summed E-state index contributed by atoms with van der Waals surface area (Å²) in [5.41, 5.74) is 2.47. The van der Waals surface area contributed by atoms with E-state index in [1.165, 1.54) is 36.0 Å². The second kappa shape index (κ2) is 21.0. The number of amides is 1. The number of carbonyl (C=O) groups is 1. The van der Waals surface area contributed by atoms with Gasteiger partial charge in [-0.2, -0.15) is 26.3 Å². The van der Waals surface area contributed by atoms with Gasteiger partial charge in [-0.1, -0.05) is 66.2 Å². The van der Waals surface area contributed by atoms with Gasteiger partial charge in [-0.25, -0.2) is 25.9 Å². The quantitative estimate of drug-likeness (QED) is 0.0340. The first-order valence-electron chi connectivity index (χ1n) is 19.3.